The minimum Gasteiger partial charge on any atom is -0.380 e. The molecule has 0 radical (unpaired) electrons. The van der Waals surface area contributed by atoms with Gasteiger partial charge in [0.25, 0.3) is 10.0 Å². The number of hydrogen-bond donors (Lipinski definition) is 2. The molecule has 2 N–H and O–H groups in total. The fourth-order valence-electron chi connectivity index (χ4n) is 4.34. The smallest absolute Gasteiger partial charge is 0.261 e. The molecule has 3 aromatic rings. The van der Waals surface area contributed by atoms with E-state index in [2.05, 4.69) is 28.8 Å². The Morgan fingerprint density at radius 3 is 2.21 bits per heavy atom. The maximum atomic E-state index is 13.2. The molecule has 1 saturated heterocycles. The van der Waals surface area contributed by atoms with E-state index in [0.717, 1.165) is 35.5 Å². The zero-order valence-electron chi connectivity index (χ0n) is 19.3. The Hall–Kier alpha value is -2.87. The summed E-state index contributed by atoms with van der Waals surface area (Å²) in [6, 6.07) is 23.4. The zero-order valence-corrected chi connectivity index (χ0v) is 20.1. The lowest BCUT2D eigenvalue weighted by Gasteiger charge is -2.38. The molecule has 0 aliphatic carbocycles. The third-order valence-electron chi connectivity index (χ3n) is 5.83. The number of ether oxygens (including phenoxy) is 1. The Bertz CT molecular complexity index is 1170. The molecule has 1 aliphatic rings. The van der Waals surface area contributed by atoms with Crippen LogP contribution in [0.5, 0.6) is 0 Å². The molecule has 0 spiro atoms. The van der Waals surface area contributed by atoms with Crippen LogP contribution < -0.4 is 14.9 Å². The van der Waals surface area contributed by atoms with Gasteiger partial charge in [0.2, 0.25) is 0 Å². The quantitative estimate of drug-likeness (QED) is 0.538. The Labute approximate surface area is 196 Å². The number of nitrogens with one attached hydrogen (secondary N) is 2. The van der Waals surface area contributed by atoms with Crippen molar-refractivity contribution in [2.24, 2.45) is 0 Å². The zero-order chi connectivity index (χ0) is 23.4. The van der Waals surface area contributed by atoms with Crippen LogP contribution in [0.4, 0.5) is 11.4 Å². The summed E-state index contributed by atoms with van der Waals surface area (Å²) in [5.41, 5.74) is 4.34. The van der Waals surface area contributed by atoms with Crippen molar-refractivity contribution in [2.45, 2.75) is 37.4 Å². The highest BCUT2D eigenvalue weighted by Gasteiger charge is 2.23. The molecular formula is C26H31N3O3S. The molecular weight excluding hydrogens is 434 g/mol. The van der Waals surface area contributed by atoms with Gasteiger partial charge >= 0.3 is 0 Å². The van der Waals surface area contributed by atoms with Crippen molar-refractivity contribution < 1.29 is 13.2 Å². The average molecular weight is 466 g/mol. The first-order chi connectivity index (χ1) is 15.9. The van der Waals surface area contributed by atoms with Gasteiger partial charge < -0.3 is 15.0 Å². The van der Waals surface area contributed by atoms with E-state index in [0.29, 0.717) is 24.4 Å². The molecule has 33 heavy (non-hydrogen) atoms. The molecule has 3 aromatic carbocycles. The predicted octanol–water partition coefficient (Wildman–Crippen LogP) is 4.49. The molecule has 1 fully saturated rings. The third kappa shape index (κ3) is 5.55. The first-order valence-corrected chi connectivity index (χ1v) is 12.6. The summed E-state index contributed by atoms with van der Waals surface area (Å²) < 4.78 is 34.6. The van der Waals surface area contributed by atoms with Gasteiger partial charge in [-0.05, 0) is 49.2 Å². The van der Waals surface area contributed by atoms with Gasteiger partial charge in [-0.2, -0.15) is 0 Å². The Balaban J connectivity index is 1.61. The topological polar surface area (TPSA) is 70.7 Å². The number of sulfonamides is 1. The van der Waals surface area contributed by atoms with Crippen LogP contribution in [-0.4, -0.2) is 40.7 Å². The number of methoxy groups -OCH3 is 1. The molecule has 0 saturated carbocycles. The second-order valence-corrected chi connectivity index (χ2v) is 10.3. The van der Waals surface area contributed by atoms with Gasteiger partial charge in [0.15, 0.2) is 0 Å². The lowest BCUT2D eigenvalue weighted by molar-refractivity contribution is 0.185. The molecule has 6 nitrogen and oxygen atoms in total. The lowest BCUT2D eigenvalue weighted by atomic mass is 10.1. The van der Waals surface area contributed by atoms with Gasteiger partial charge in [0.1, 0.15) is 0 Å². The molecule has 2 atom stereocenters. The van der Waals surface area contributed by atoms with E-state index >= 15 is 0 Å². The predicted molar refractivity (Wildman–Crippen MR) is 134 cm³/mol. The van der Waals surface area contributed by atoms with E-state index in [-0.39, 0.29) is 4.90 Å². The van der Waals surface area contributed by atoms with Crippen LogP contribution in [0.15, 0.2) is 77.7 Å². The molecule has 0 aromatic heterocycles. The monoisotopic (exact) mass is 465 g/mol. The SMILES string of the molecule is COCc1ccc(N2C[C@@H](C)N[C@@H](C)C2)cc1NS(=O)(=O)c1ccc(-c2ccccc2)cc1. The second-order valence-electron chi connectivity index (χ2n) is 8.64. The lowest BCUT2D eigenvalue weighted by Crippen LogP contribution is -2.54. The largest absolute Gasteiger partial charge is 0.380 e. The van der Waals surface area contributed by atoms with Gasteiger partial charge in [-0.3, -0.25) is 4.72 Å². The highest BCUT2D eigenvalue weighted by Crippen LogP contribution is 2.29. The number of nitrogens with zero attached hydrogens (tertiary/aromatic N) is 1. The maximum Gasteiger partial charge on any atom is 0.261 e. The summed E-state index contributed by atoms with van der Waals surface area (Å²) in [4.78, 5) is 2.51. The van der Waals surface area contributed by atoms with Crippen LogP contribution in [-0.2, 0) is 21.4 Å². The van der Waals surface area contributed by atoms with E-state index in [1.165, 1.54) is 0 Å². The van der Waals surface area contributed by atoms with Crippen LogP contribution in [0.1, 0.15) is 19.4 Å². The summed E-state index contributed by atoms with van der Waals surface area (Å²) in [5, 5.41) is 3.53. The van der Waals surface area contributed by atoms with Gasteiger partial charge in [0, 0.05) is 43.5 Å². The average Bonchev–Trinajstić information content (AvgIpc) is 2.80. The van der Waals surface area contributed by atoms with Gasteiger partial charge in [0.05, 0.1) is 17.2 Å². The van der Waals surface area contributed by atoms with Crippen LogP contribution in [0, 0.1) is 0 Å². The first kappa shape index (κ1) is 23.3. The molecule has 0 amide bonds. The molecule has 1 aliphatic heterocycles. The molecule has 4 rings (SSSR count). The van der Waals surface area contributed by atoms with Crippen LogP contribution >= 0.6 is 0 Å². The summed E-state index contributed by atoms with van der Waals surface area (Å²) in [6.07, 6.45) is 0. The Morgan fingerprint density at radius 2 is 1.58 bits per heavy atom. The first-order valence-electron chi connectivity index (χ1n) is 11.2. The van der Waals surface area contributed by atoms with Crippen LogP contribution in [0.2, 0.25) is 0 Å². The van der Waals surface area contributed by atoms with Gasteiger partial charge in [-0.1, -0.05) is 48.5 Å². The Kier molecular flexibility index (Phi) is 7.02. The molecule has 0 bridgehead atoms. The van der Waals surface area contributed by atoms with Crippen molar-refractivity contribution in [3.05, 3.63) is 78.4 Å². The van der Waals surface area contributed by atoms with Crippen molar-refractivity contribution in [3.63, 3.8) is 0 Å². The van der Waals surface area contributed by atoms with Crippen LogP contribution in [0.3, 0.4) is 0 Å². The normalized spacial score (nSPS) is 18.8. The number of piperazine rings is 1. The summed E-state index contributed by atoms with van der Waals surface area (Å²) in [5.74, 6) is 0. The summed E-state index contributed by atoms with van der Waals surface area (Å²) in [6.45, 7) is 6.36. The summed E-state index contributed by atoms with van der Waals surface area (Å²) in [7, 11) is -2.15. The van der Waals surface area contributed by atoms with Gasteiger partial charge in [-0.25, -0.2) is 8.42 Å². The fraction of sp³-hybridized carbons (Fsp3) is 0.308. The minimum atomic E-state index is -3.76. The van der Waals surface area contributed by atoms with Crippen molar-refractivity contribution in [3.8, 4) is 11.1 Å². The molecule has 7 heteroatoms. The van der Waals surface area contributed by atoms with E-state index in [4.69, 9.17) is 4.74 Å². The second kappa shape index (κ2) is 9.95. The minimum absolute atomic E-state index is 0.223. The van der Waals surface area contributed by atoms with Crippen molar-refractivity contribution >= 4 is 21.4 Å². The highest BCUT2D eigenvalue weighted by atomic mass is 32.2. The van der Waals surface area contributed by atoms with Crippen molar-refractivity contribution in [1.82, 2.24) is 5.32 Å². The maximum absolute atomic E-state index is 13.2. The third-order valence-corrected chi connectivity index (χ3v) is 7.21. The van der Waals surface area contributed by atoms with E-state index < -0.39 is 10.0 Å². The van der Waals surface area contributed by atoms with E-state index in [1.54, 1.807) is 19.2 Å². The fourth-order valence-corrected chi connectivity index (χ4v) is 5.43. The number of hydrogen-bond acceptors (Lipinski definition) is 5. The van der Waals surface area contributed by atoms with Crippen molar-refractivity contribution in [2.75, 3.05) is 29.8 Å². The molecule has 0 unspecified atom stereocenters. The van der Waals surface area contributed by atoms with Gasteiger partial charge in [-0.15, -0.1) is 0 Å². The van der Waals surface area contributed by atoms with Crippen LogP contribution in [0.25, 0.3) is 11.1 Å². The molecule has 1 heterocycles. The number of rotatable bonds is 7. The standard InChI is InChI=1S/C26H31N3O3S/c1-19-16-29(17-20(2)27-19)24-12-9-23(18-32-3)26(15-24)28-33(30,31)25-13-10-22(11-14-25)21-7-5-4-6-8-21/h4-15,19-20,27-28H,16-18H2,1-3H3/t19-,20+. The number of anilines is 2. The Morgan fingerprint density at radius 1 is 0.939 bits per heavy atom. The molecule has 174 valence electrons. The summed E-state index contributed by atoms with van der Waals surface area (Å²) >= 11 is 0. The highest BCUT2D eigenvalue weighted by molar-refractivity contribution is 7.92. The van der Waals surface area contributed by atoms with E-state index in [1.807, 2.05) is 60.7 Å². The van der Waals surface area contributed by atoms with Crippen molar-refractivity contribution in [1.29, 1.82) is 0 Å². The number of benzene rings is 3. The van der Waals surface area contributed by atoms with E-state index in [9.17, 15) is 8.42 Å².